The van der Waals surface area contributed by atoms with E-state index in [4.69, 9.17) is 4.74 Å². The number of hydrogen-bond donors (Lipinski definition) is 2. The SMILES string of the molecule is CCOc1ccccc1NC(=O)c1cccc(C(=O)Nc2ccc(C)c(C)c2)n1. The van der Waals surface area contributed by atoms with Crippen LogP contribution in [-0.2, 0) is 0 Å². The molecule has 0 fully saturated rings. The third-order valence-electron chi connectivity index (χ3n) is 4.41. The molecule has 0 saturated heterocycles. The van der Waals surface area contributed by atoms with Crippen molar-refractivity contribution in [1.29, 1.82) is 0 Å². The highest BCUT2D eigenvalue weighted by Gasteiger charge is 2.14. The van der Waals surface area contributed by atoms with Crippen molar-refractivity contribution in [1.82, 2.24) is 4.98 Å². The highest BCUT2D eigenvalue weighted by Crippen LogP contribution is 2.24. The number of nitrogens with one attached hydrogen (secondary N) is 2. The molecule has 0 saturated carbocycles. The first-order chi connectivity index (χ1) is 14.0. The molecule has 2 aromatic carbocycles. The van der Waals surface area contributed by atoms with E-state index < -0.39 is 5.91 Å². The number of rotatable bonds is 6. The predicted octanol–water partition coefficient (Wildman–Crippen LogP) is 4.60. The molecule has 1 aromatic heterocycles. The van der Waals surface area contributed by atoms with Crippen LogP contribution in [0.4, 0.5) is 11.4 Å². The molecule has 0 aliphatic carbocycles. The molecule has 0 aliphatic heterocycles. The van der Waals surface area contributed by atoms with Gasteiger partial charge in [-0.15, -0.1) is 0 Å². The van der Waals surface area contributed by atoms with Gasteiger partial charge >= 0.3 is 0 Å². The first-order valence-corrected chi connectivity index (χ1v) is 9.36. The van der Waals surface area contributed by atoms with Gasteiger partial charge in [-0.2, -0.15) is 0 Å². The van der Waals surface area contributed by atoms with Gasteiger partial charge in [0.05, 0.1) is 12.3 Å². The van der Waals surface area contributed by atoms with Crippen LogP contribution in [-0.4, -0.2) is 23.4 Å². The van der Waals surface area contributed by atoms with Crippen molar-refractivity contribution in [2.24, 2.45) is 0 Å². The van der Waals surface area contributed by atoms with E-state index in [1.165, 1.54) is 0 Å². The highest BCUT2D eigenvalue weighted by molar-refractivity contribution is 6.06. The van der Waals surface area contributed by atoms with E-state index in [-0.39, 0.29) is 17.3 Å². The number of benzene rings is 2. The third kappa shape index (κ3) is 4.99. The van der Waals surface area contributed by atoms with Crippen molar-refractivity contribution in [3.63, 3.8) is 0 Å². The average Bonchev–Trinajstić information content (AvgIpc) is 2.72. The summed E-state index contributed by atoms with van der Waals surface area (Å²) < 4.78 is 5.52. The Labute approximate surface area is 169 Å². The van der Waals surface area contributed by atoms with Gasteiger partial charge in [0.1, 0.15) is 17.1 Å². The summed E-state index contributed by atoms with van der Waals surface area (Å²) in [6.07, 6.45) is 0. The van der Waals surface area contributed by atoms with Gasteiger partial charge in [-0.25, -0.2) is 4.98 Å². The van der Waals surface area contributed by atoms with Crippen LogP contribution in [0, 0.1) is 13.8 Å². The average molecular weight is 389 g/mol. The number of pyridine rings is 1. The van der Waals surface area contributed by atoms with Gasteiger partial charge in [-0.05, 0) is 68.3 Å². The summed E-state index contributed by atoms with van der Waals surface area (Å²) in [5.74, 6) is -0.220. The number of aryl methyl sites for hydroxylation is 2. The Morgan fingerprint density at radius 2 is 1.55 bits per heavy atom. The minimum Gasteiger partial charge on any atom is -0.492 e. The van der Waals surface area contributed by atoms with Crippen molar-refractivity contribution in [2.45, 2.75) is 20.8 Å². The van der Waals surface area contributed by atoms with Gasteiger partial charge in [-0.1, -0.05) is 24.3 Å². The van der Waals surface area contributed by atoms with Crippen LogP contribution in [0.15, 0.2) is 60.7 Å². The van der Waals surface area contributed by atoms with Gasteiger partial charge in [0.25, 0.3) is 11.8 Å². The standard InChI is InChI=1S/C23H23N3O3/c1-4-29-21-11-6-5-8-18(21)26-23(28)20-10-7-9-19(25-20)22(27)24-17-13-12-15(2)16(3)14-17/h5-14H,4H2,1-3H3,(H,24,27)(H,26,28). The van der Waals surface area contributed by atoms with Gasteiger partial charge < -0.3 is 15.4 Å². The van der Waals surface area contributed by atoms with Crippen molar-refractivity contribution >= 4 is 23.2 Å². The van der Waals surface area contributed by atoms with E-state index in [0.717, 1.165) is 11.1 Å². The van der Waals surface area contributed by atoms with Gasteiger partial charge in [-0.3, -0.25) is 9.59 Å². The van der Waals surface area contributed by atoms with E-state index in [0.29, 0.717) is 23.7 Å². The molecule has 0 atom stereocenters. The van der Waals surface area contributed by atoms with Crippen molar-refractivity contribution < 1.29 is 14.3 Å². The molecule has 6 nitrogen and oxygen atoms in total. The summed E-state index contributed by atoms with van der Waals surface area (Å²) in [7, 11) is 0. The summed E-state index contributed by atoms with van der Waals surface area (Å²) in [6.45, 7) is 6.35. The van der Waals surface area contributed by atoms with E-state index in [2.05, 4.69) is 15.6 Å². The normalized spacial score (nSPS) is 10.3. The lowest BCUT2D eigenvalue weighted by Gasteiger charge is -2.11. The first-order valence-electron chi connectivity index (χ1n) is 9.36. The lowest BCUT2D eigenvalue weighted by molar-refractivity contribution is 0.101. The number of carbonyl (C=O) groups is 2. The molecule has 2 amide bonds. The Kier molecular flexibility index (Phi) is 6.24. The molecule has 3 aromatic rings. The Morgan fingerprint density at radius 3 is 2.24 bits per heavy atom. The topological polar surface area (TPSA) is 80.3 Å². The van der Waals surface area contributed by atoms with Crippen LogP contribution in [0.5, 0.6) is 5.75 Å². The lowest BCUT2D eigenvalue weighted by Crippen LogP contribution is -2.19. The molecular weight excluding hydrogens is 366 g/mol. The van der Waals surface area contributed by atoms with Crippen molar-refractivity contribution in [3.8, 4) is 5.75 Å². The summed E-state index contributed by atoms with van der Waals surface area (Å²) in [4.78, 5) is 29.4. The van der Waals surface area contributed by atoms with Crippen LogP contribution in [0.25, 0.3) is 0 Å². The van der Waals surface area contributed by atoms with E-state index in [1.807, 2.05) is 45.0 Å². The largest absolute Gasteiger partial charge is 0.492 e. The van der Waals surface area contributed by atoms with Crippen LogP contribution in [0.3, 0.4) is 0 Å². The summed E-state index contributed by atoms with van der Waals surface area (Å²) >= 11 is 0. The van der Waals surface area contributed by atoms with Crippen molar-refractivity contribution in [2.75, 3.05) is 17.2 Å². The maximum atomic E-state index is 12.6. The molecule has 1 heterocycles. The van der Waals surface area contributed by atoms with Crippen LogP contribution in [0.2, 0.25) is 0 Å². The number of nitrogens with zero attached hydrogens (tertiary/aromatic N) is 1. The minimum atomic E-state index is -0.419. The zero-order valence-corrected chi connectivity index (χ0v) is 16.7. The summed E-state index contributed by atoms with van der Waals surface area (Å²) in [6, 6.07) is 17.6. The zero-order valence-electron chi connectivity index (χ0n) is 16.7. The summed E-state index contributed by atoms with van der Waals surface area (Å²) in [5, 5.41) is 5.60. The number of amides is 2. The summed E-state index contributed by atoms with van der Waals surface area (Å²) in [5.41, 5.74) is 3.76. The molecular formula is C23H23N3O3. The lowest BCUT2D eigenvalue weighted by atomic mass is 10.1. The number of hydrogen-bond acceptors (Lipinski definition) is 4. The van der Waals surface area contributed by atoms with E-state index >= 15 is 0 Å². The van der Waals surface area contributed by atoms with Crippen molar-refractivity contribution in [3.05, 3.63) is 83.2 Å². The Morgan fingerprint density at radius 1 is 0.862 bits per heavy atom. The molecule has 0 aliphatic rings. The van der Waals surface area contributed by atoms with Crippen LogP contribution < -0.4 is 15.4 Å². The first kappa shape index (κ1) is 20.1. The van der Waals surface area contributed by atoms with Gasteiger partial charge in [0, 0.05) is 5.69 Å². The third-order valence-corrected chi connectivity index (χ3v) is 4.41. The monoisotopic (exact) mass is 389 g/mol. The van der Waals surface area contributed by atoms with Crippen LogP contribution in [0.1, 0.15) is 39.0 Å². The molecule has 6 heteroatoms. The Balaban J connectivity index is 1.75. The molecule has 29 heavy (non-hydrogen) atoms. The second-order valence-corrected chi connectivity index (χ2v) is 6.54. The fourth-order valence-corrected chi connectivity index (χ4v) is 2.74. The fourth-order valence-electron chi connectivity index (χ4n) is 2.74. The van der Waals surface area contributed by atoms with E-state index in [9.17, 15) is 9.59 Å². The quantitative estimate of drug-likeness (QED) is 0.646. The smallest absolute Gasteiger partial charge is 0.274 e. The second-order valence-electron chi connectivity index (χ2n) is 6.54. The maximum Gasteiger partial charge on any atom is 0.274 e. The number of para-hydroxylation sites is 2. The second kappa shape index (κ2) is 9.01. The number of ether oxygens (including phenoxy) is 1. The Bertz CT molecular complexity index is 1050. The van der Waals surface area contributed by atoms with Crippen LogP contribution >= 0.6 is 0 Å². The number of aromatic nitrogens is 1. The molecule has 3 rings (SSSR count). The molecule has 0 bridgehead atoms. The molecule has 0 spiro atoms. The van der Waals surface area contributed by atoms with Gasteiger partial charge in [0.2, 0.25) is 0 Å². The molecule has 2 N–H and O–H groups in total. The zero-order chi connectivity index (χ0) is 20.8. The number of carbonyl (C=O) groups excluding carboxylic acids is 2. The highest BCUT2D eigenvalue weighted by atomic mass is 16.5. The molecule has 148 valence electrons. The molecule has 0 radical (unpaired) electrons. The molecule has 0 unspecified atom stereocenters. The minimum absolute atomic E-state index is 0.143. The Hall–Kier alpha value is -3.67. The van der Waals surface area contributed by atoms with E-state index in [1.54, 1.807) is 36.4 Å². The fraction of sp³-hybridized carbons (Fsp3) is 0.174. The maximum absolute atomic E-state index is 12.6. The van der Waals surface area contributed by atoms with Gasteiger partial charge in [0.15, 0.2) is 0 Å². The number of anilines is 2. The predicted molar refractivity (Wildman–Crippen MR) is 114 cm³/mol.